The van der Waals surface area contributed by atoms with Gasteiger partial charge in [-0.2, -0.15) is 0 Å². The fourth-order valence-corrected chi connectivity index (χ4v) is 5.96. The highest BCUT2D eigenvalue weighted by molar-refractivity contribution is 6.47. The van der Waals surface area contributed by atoms with Crippen molar-refractivity contribution in [1.29, 1.82) is 0 Å². The molecule has 10 nitrogen and oxygen atoms in total. The van der Waals surface area contributed by atoms with Crippen LogP contribution in [0.3, 0.4) is 0 Å². The van der Waals surface area contributed by atoms with E-state index in [1.807, 2.05) is 11.0 Å². The summed E-state index contributed by atoms with van der Waals surface area (Å²) >= 11 is 0. The van der Waals surface area contributed by atoms with Crippen molar-refractivity contribution in [2.75, 3.05) is 37.7 Å². The van der Waals surface area contributed by atoms with Crippen LogP contribution in [0, 0.1) is 5.82 Å². The number of benzene rings is 1. The number of imide groups is 1. The molecule has 1 aromatic carbocycles. The maximum Gasteiger partial charge on any atom is 0.261 e. The minimum absolute atomic E-state index is 0.0389. The molecular weight excluding hydrogens is 515 g/mol. The number of carbonyl (C=O) groups is 3. The third-order valence-corrected chi connectivity index (χ3v) is 7.84. The van der Waals surface area contributed by atoms with E-state index in [0.717, 1.165) is 13.1 Å². The van der Waals surface area contributed by atoms with Gasteiger partial charge in [-0.15, -0.1) is 0 Å². The molecule has 40 heavy (non-hydrogen) atoms. The van der Waals surface area contributed by atoms with E-state index >= 15 is 4.39 Å². The van der Waals surface area contributed by atoms with Gasteiger partial charge < -0.3 is 9.64 Å². The molecule has 1 saturated heterocycles. The predicted octanol–water partition coefficient (Wildman–Crippen LogP) is 1.88. The number of nitrogens with zero attached hydrogens (tertiary/aromatic N) is 5. The normalized spacial score (nSPS) is 20.7. The quantitative estimate of drug-likeness (QED) is 0.476. The smallest absolute Gasteiger partial charge is 0.261 e. The van der Waals surface area contributed by atoms with E-state index in [-0.39, 0.29) is 22.6 Å². The van der Waals surface area contributed by atoms with Crippen molar-refractivity contribution in [2.45, 2.75) is 18.9 Å². The maximum absolute atomic E-state index is 15.0. The van der Waals surface area contributed by atoms with Crippen LogP contribution < -0.4 is 10.2 Å². The number of fused-ring (bicyclic) bond motifs is 1. The molecule has 3 aromatic rings. The van der Waals surface area contributed by atoms with E-state index in [0.29, 0.717) is 60.8 Å². The molecule has 6 heterocycles. The Morgan fingerprint density at radius 2 is 1.95 bits per heavy atom. The second-order valence-electron chi connectivity index (χ2n) is 10.1. The summed E-state index contributed by atoms with van der Waals surface area (Å²) in [5.41, 5.74) is 2.98. The SMILES string of the molecule is O=C1NC(=O)C(c2cnc3ccccn23)=C1C1=NC=CN2c3c(cc(F)cc31)CC2C(=O)CCN1CCOCC1. The van der Waals surface area contributed by atoms with Gasteiger partial charge in [0.25, 0.3) is 11.8 Å². The largest absolute Gasteiger partial charge is 0.379 e. The van der Waals surface area contributed by atoms with Crippen LogP contribution in [-0.2, 0) is 25.5 Å². The van der Waals surface area contributed by atoms with Crippen molar-refractivity contribution in [3.8, 4) is 0 Å². The second kappa shape index (κ2) is 9.61. The van der Waals surface area contributed by atoms with Gasteiger partial charge >= 0.3 is 0 Å². The summed E-state index contributed by atoms with van der Waals surface area (Å²) in [4.78, 5) is 52.7. The van der Waals surface area contributed by atoms with E-state index in [9.17, 15) is 14.4 Å². The van der Waals surface area contributed by atoms with E-state index < -0.39 is 23.7 Å². The first-order chi connectivity index (χ1) is 19.5. The highest BCUT2D eigenvalue weighted by atomic mass is 19.1. The summed E-state index contributed by atoms with van der Waals surface area (Å²) in [6.45, 7) is 3.53. The number of aliphatic imine (C=N–C) groups is 1. The fraction of sp³-hybridized carbons (Fsp3) is 0.276. The zero-order valence-corrected chi connectivity index (χ0v) is 21.5. The van der Waals surface area contributed by atoms with E-state index in [1.54, 1.807) is 28.9 Å². The molecule has 0 radical (unpaired) electrons. The Morgan fingerprint density at radius 1 is 1.12 bits per heavy atom. The zero-order chi connectivity index (χ0) is 27.4. The van der Waals surface area contributed by atoms with Crippen LogP contribution in [0.5, 0.6) is 0 Å². The molecule has 0 bridgehead atoms. The lowest BCUT2D eigenvalue weighted by Crippen LogP contribution is -2.40. The van der Waals surface area contributed by atoms with Crippen molar-refractivity contribution in [1.82, 2.24) is 19.6 Å². The molecule has 1 N–H and O–H groups in total. The summed E-state index contributed by atoms with van der Waals surface area (Å²) < 4.78 is 22.1. The van der Waals surface area contributed by atoms with Crippen LogP contribution in [-0.4, -0.2) is 76.5 Å². The lowest BCUT2D eigenvalue weighted by atomic mass is 9.94. The first kappa shape index (κ1) is 24.6. The topological polar surface area (TPSA) is 109 Å². The molecule has 0 aliphatic carbocycles. The number of amides is 2. The van der Waals surface area contributed by atoms with E-state index in [1.165, 1.54) is 24.5 Å². The molecule has 1 fully saturated rings. The van der Waals surface area contributed by atoms with Crippen LogP contribution in [0.15, 0.2) is 65.7 Å². The highest BCUT2D eigenvalue weighted by Gasteiger charge is 2.41. The Labute approximate surface area is 228 Å². The van der Waals surface area contributed by atoms with Gasteiger partial charge in [-0.3, -0.25) is 34.0 Å². The van der Waals surface area contributed by atoms with Gasteiger partial charge in [-0.05, 0) is 29.8 Å². The number of ether oxygens (including phenoxy) is 1. The number of Topliss-reactive ketones (excluding diaryl/α,β-unsaturated/α-hetero) is 1. The average Bonchev–Trinajstić information content (AvgIpc) is 3.58. The summed E-state index contributed by atoms with van der Waals surface area (Å²) in [5, 5.41) is 2.38. The predicted molar refractivity (Wildman–Crippen MR) is 144 cm³/mol. The van der Waals surface area contributed by atoms with Crippen molar-refractivity contribution >= 4 is 40.2 Å². The first-order valence-corrected chi connectivity index (χ1v) is 13.2. The number of anilines is 1. The molecule has 2 amide bonds. The summed E-state index contributed by atoms with van der Waals surface area (Å²) in [5.74, 6) is -1.67. The Kier molecular flexibility index (Phi) is 5.90. The Balaban J connectivity index is 1.29. The number of pyridine rings is 1. The molecule has 1 unspecified atom stereocenters. The fourth-order valence-electron chi connectivity index (χ4n) is 5.96. The molecule has 0 spiro atoms. The maximum atomic E-state index is 15.0. The van der Waals surface area contributed by atoms with Gasteiger partial charge in [0.05, 0.1) is 53.7 Å². The number of aromatic nitrogens is 2. The third kappa shape index (κ3) is 3.97. The zero-order valence-electron chi connectivity index (χ0n) is 21.5. The molecule has 0 saturated carbocycles. The molecule has 11 heteroatoms. The Bertz CT molecular complexity index is 1680. The number of halogens is 1. The molecular formula is C29H25FN6O4. The number of ketones is 1. The number of morpholine rings is 1. The molecule has 7 rings (SSSR count). The average molecular weight is 541 g/mol. The third-order valence-electron chi connectivity index (χ3n) is 7.84. The number of hydrogen-bond donors (Lipinski definition) is 1. The summed E-state index contributed by atoms with van der Waals surface area (Å²) in [7, 11) is 0. The Morgan fingerprint density at radius 3 is 2.80 bits per heavy atom. The van der Waals surface area contributed by atoms with Crippen LogP contribution >= 0.6 is 0 Å². The number of carbonyl (C=O) groups excluding carboxylic acids is 3. The number of hydrogen-bond acceptors (Lipinski definition) is 8. The van der Waals surface area contributed by atoms with E-state index in [2.05, 4.69) is 20.2 Å². The minimum atomic E-state index is -0.624. The van der Waals surface area contributed by atoms with Gasteiger partial charge in [-0.1, -0.05) is 6.07 Å². The van der Waals surface area contributed by atoms with Gasteiger partial charge in [0.2, 0.25) is 0 Å². The van der Waals surface area contributed by atoms with E-state index in [4.69, 9.17) is 4.74 Å². The van der Waals surface area contributed by atoms with Gasteiger partial charge in [-0.25, -0.2) is 9.37 Å². The van der Waals surface area contributed by atoms with Gasteiger partial charge in [0.1, 0.15) is 11.5 Å². The van der Waals surface area contributed by atoms with Crippen LogP contribution in [0.25, 0.3) is 11.2 Å². The lowest BCUT2D eigenvalue weighted by molar-refractivity contribution is -0.123. The van der Waals surface area contributed by atoms with Crippen LogP contribution in [0.1, 0.15) is 23.2 Å². The molecule has 202 valence electrons. The molecule has 4 aliphatic heterocycles. The van der Waals surface area contributed by atoms with Crippen molar-refractivity contribution in [2.24, 2.45) is 4.99 Å². The summed E-state index contributed by atoms with van der Waals surface area (Å²) in [6, 6.07) is 7.63. The minimum Gasteiger partial charge on any atom is -0.379 e. The van der Waals surface area contributed by atoms with Crippen LogP contribution in [0.2, 0.25) is 0 Å². The van der Waals surface area contributed by atoms with Crippen molar-refractivity contribution in [3.63, 3.8) is 0 Å². The summed E-state index contributed by atoms with van der Waals surface area (Å²) in [6.07, 6.45) is 7.17. The Hall–Kier alpha value is -4.48. The van der Waals surface area contributed by atoms with Crippen LogP contribution in [0.4, 0.5) is 10.1 Å². The first-order valence-electron chi connectivity index (χ1n) is 13.2. The standard InChI is InChI=1S/C29H25FN6O4/c30-18-13-17-14-20(22(37)4-7-34-9-11-40-12-10-34)36-8-5-31-26(19(15-18)27(17)36)25-24(28(38)33-29(25)39)21-16-32-23-3-1-2-6-35(21)23/h1-3,5-6,8,13,15-16,20H,4,7,9-12,14H2,(H,33,38,39). The molecule has 4 aliphatic rings. The van der Waals surface area contributed by atoms with Crippen molar-refractivity contribution < 1.29 is 23.5 Å². The van der Waals surface area contributed by atoms with Gasteiger partial charge in [0, 0.05) is 56.6 Å². The van der Waals surface area contributed by atoms with Crippen molar-refractivity contribution in [3.05, 3.63) is 83.3 Å². The molecule has 2 aromatic heterocycles. The number of imidazole rings is 1. The lowest BCUT2D eigenvalue weighted by Gasteiger charge is -2.28. The number of rotatable bonds is 6. The number of nitrogens with one attached hydrogen (secondary N) is 1. The monoisotopic (exact) mass is 540 g/mol. The second-order valence-corrected chi connectivity index (χ2v) is 10.1. The molecule has 1 atom stereocenters. The van der Waals surface area contributed by atoms with Gasteiger partial charge in [0.15, 0.2) is 5.78 Å². The highest BCUT2D eigenvalue weighted by Crippen LogP contribution is 2.41.